The highest BCUT2D eigenvalue weighted by Crippen LogP contribution is 2.16. The highest BCUT2D eigenvalue weighted by Gasteiger charge is 2.00. The summed E-state index contributed by atoms with van der Waals surface area (Å²) in [5, 5.41) is 0. The van der Waals surface area contributed by atoms with Crippen LogP contribution < -0.4 is 0 Å². The number of benzene rings is 1. The molecule has 0 aromatic heterocycles. The molecule has 78 valence electrons. The molecule has 15 heavy (non-hydrogen) atoms. The number of halogens is 1. The summed E-state index contributed by atoms with van der Waals surface area (Å²) < 4.78 is 13.4. The summed E-state index contributed by atoms with van der Waals surface area (Å²) >= 11 is 0. The molecule has 0 aliphatic heterocycles. The van der Waals surface area contributed by atoms with Crippen LogP contribution in [0, 0.1) is 5.82 Å². The molecule has 0 N–H and O–H groups in total. The molecule has 0 aliphatic carbocycles. The van der Waals surface area contributed by atoms with E-state index in [1.807, 2.05) is 39.0 Å². The first kappa shape index (κ1) is 11.5. The quantitative estimate of drug-likeness (QED) is 0.494. The highest BCUT2D eigenvalue weighted by atomic mass is 19.1. The SMILES string of the molecule is C/C=C/C(C)=C=C(C)c1ccccc1F. The molecule has 0 spiro atoms. The molecule has 0 saturated carbocycles. The van der Waals surface area contributed by atoms with Crippen LogP contribution in [0.5, 0.6) is 0 Å². The van der Waals surface area contributed by atoms with Gasteiger partial charge >= 0.3 is 0 Å². The van der Waals surface area contributed by atoms with Crippen molar-refractivity contribution in [3.05, 3.63) is 59.1 Å². The molecule has 0 radical (unpaired) electrons. The summed E-state index contributed by atoms with van der Waals surface area (Å²) in [5.41, 5.74) is 5.58. The van der Waals surface area contributed by atoms with Gasteiger partial charge in [-0.25, -0.2) is 4.39 Å². The summed E-state index contributed by atoms with van der Waals surface area (Å²) in [6.45, 7) is 5.76. The molecular formula is C14H15F. The Kier molecular flexibility index (Phi) is 4.08. The fourth-order valence-electron chi connectivity index (χ4n) is 1.42. The minimum atomic E-state index is -0.198. The molecule has 1 heteroatoms. The van der Waals surface area contributed by atoms with Crippen LogP contribution in [0.15, 0.2) is 47.7 Å². The van der Waals surface area contributed by atoms with Crippen molar-refractivity contribution in [3.8, 4) is 0 Å². The molecule has 0 aliphatic rings. The fourth-order valence-corrected chi connectivity index (χ4v) is 1.42. The monoisotopic (exact) mass is 202 g/mol. The molecule has 0 saturated heterocycles. The zero-order valence-electron chi connectivity index (χ0n) is 9.34. The molecule has 0 bridgehead atoms. The third-order valence-corrected chi connectivity index (χ3v) is 2.08. The van der Waals surface area contributed by atoms with Crippen LogP contribution in [0.2, 0.25) is 0 Å². The summed E-state index contributed by atoms with van der Waals surface area (Å²) in [5.74, 6) is -0.198. The smallest absolute Gasteiger partial charge is 0.131 e. The van der Waals surface area contributed by atoms with E-state index in [1.165, 1.54) is 6.07 Å². The van der Waals surface area contributed by atoms with Gasteiger partial charge in [0.1, 0.15) is 5.82 Å². The van der Waals surface area contributed by atoms with Crippen molar-refractivity contribution in [2.75, 3.05) is 0 Å². The molecular weight excluding hydrogens is 187 g/mol. The van der Waals surface area contributed by atoms with Crippen molar-refractivity contribution in [3.63, 3.8) is 0 Å². The van der Waals surface area contributed by atoms with E-state index in [-0.39, 0.29) is 5.82 Å². The Morgan fingerprint density at radius 2 is 1.93 bits per heavy atom. The first-order valence-corrected chi connectivity index (χ1v) is 4.97. The van der Waals surface area contributed by atoms with Crippen molar-refractivity contribution in [2.24, 2.45) is 0 Å². The van der Waals surface area contributed by atoms with Crippen molar-refractivity contribution in [2.45, 2.75) is 20.8 Å². The van der Waals surface area contributed by atoms with E-state index in [1.54, 1.807) is 12.1 Å². The molecule has 0 heterocycles. The second-order valence-corrected chi connectivity index (χ2v) is 3.41. The van der Waals surface area contributed by atoms with Gasteiger partial charge in [0.15, 0.2) is 0 Å². The predicted molar refractivity (Wildman–Crippen MR) is 63.0 cm³/mol. The Bertz CT molecular complexity index is 432. The largest absolute Gasteiger partial charge is 0.206 e. The maximum Gasteiger partial charge on any atom is 0.131 e. The summed E-state index contributed by atoms with van der Waals surface area (Å²) in [6.07, 6.45) is 3.89. The van der Waals surface area contributed by atoms with Gasteiger partial charge in [-0.15, -0.1) is 5.73 Å². The average molecular weight is 202 g/mol. The number of allylic oxidation sites excluding steroid dienone is 3. The van der Waals surface area contributed by atoms with Crippen molar-refractivity contribution in [1.82, 2.24) is 0 Å². The summed E-state index contributed by atoms with van der Waals surface area (Å²) in [4.78, 5) is 0. The molecule has 1 aromatic rings. The zero-order chi connectivity index (χ0) is 11.3. The van der Waals surface area contributed by atoms with Gasteiger partial charge in [0.25, 0.3) is 0 Å². The molecule has 0 atom stereocenters. The Hall–Kier alpha value is -1.59. The maximum absolute atomic E-state index is 13.4. The average Bonchev–Trinajstić information content (AvgIpc) is 2.18. The van der Waals surface area contributed by atoms with E-state index < -0.39 is 0 Å². The van der Waals surface area contributed by atoms with E-state index in [0.717, 1.165) is 11.1 Å². The van der Waals surface area contributed by atoms with Crippen LogP contribution in [-0.4, -0.2) is 0 Å². The lowest BCUT2D eigenvalue weighted by Crippen LogP contribution is -1.84. The van der Waals surface area contributed by atoms with E-state index in [0.29, 0.717) is 5.56 Å². The van der Waals surface area contributed by atoms with E-state index in [4.69, 9.17) is 0 Å². The van der Waals surface area contributed by atoms with Crippen LogP contribution in [-0.2, 0) is 0 Å². The van der Waals surface area contributed by atoms with Crippen LogP contribution in [0.3, 0.4) is 0 Å². The van der Waals surface area contributed by atoms with Crippen molar-refractivity contribution < 1.29 is 4.39 Å². The highest BCUT2D eigenvalue weighted by molar-refractivity contribution is 5.64. The van der Waals surface area contributed by atoms with Gasteiger partial charge in [-0.05, 0) is 32.4 Å². The van der Waals surface area contributed by atoms with E-state index >= 15 is 0 Å². The van der Waals surface area contributed by atoms with E-state index in [9.17, 15) is 4.39 Å². The molecule has 1 rings (SSSR count). The topological polar surface area (TPSA) is 0 Å². The van der Waals surface area contributed by atoms with Crippen LogP contribution >= 0.6 is 0 Å². The van der Waals surface area contributed by atoms with E-state index in [2.05, 4.69) is 5.73 Å². The van der Waals surface area contributed by atoms with Crippen LogP contribution in [0.1, 0.15) is 26.3 Å². The Morgan fingerprint density at radius 3 is 2.53 bits per heavy atom. The lowest BCUT2D eigenvalue weighted by atomic mass is 10.1. The predicted octanol–water partition coefficient (Wildman–Crippen LogP) is 4.35. The number of hydrogen-bond acceptors (Lipinski definition) is 0. The standard InChI is InChI=1S/C14H15F/c1-4-7-11(2)10-12(3)13-8-5-6-9-14(13)15/h4-9H,1-3H3/b7-4+. The lowest BCUT2D eigenvalue weighted by Gasteiger charge is -1.99. The van der Waals surface area contributed by atoms with Gasteiger partial charge in [0.05, 0.1) is 0 Å². The lowest BCUT2D eigenvalue weighted by molar-refractivity contribution is 0.624. The molecule has 0 amide bonds. The third-order valence-electron chi connectivity index (χ3n) is 2.08. The zero-order valence-corrected chi connectivity index (χ0v) is 9.34. The number of hydrogen-bond donors (Lipinski definition) is 0. The maximum atomic E-state index is 13.4. The first-order valence-electron chi connectivity index (χ1n) is 4.97. The van der Waals surface area contributed by atoms with Gasteiger partial charge < -0.3 is 0 Å². The Morgan fingerprint density at radius 1 is 1.27 bits per heavy atom. The minimum Gasteiger partial charge on any atom is -0.206 e. The fraction of sp³-hybridized carbons (Fsp3) is 0.214. The summed E-state index contributed by atoms with van der Waals surface area (Å²) in [6, 6.07) is 6.75. The molecule has 0 fully saturated rings. The van der Waals surface area contributed by atoms with Gasteiger partial charge in [0, 0.05) is 11.1 Å². The van der Waals surface area contributed by atoms with Gasteiger partial charge in [-0.2, -0.15) is 0 Å². The molecule has 0 unspecified atom stereocenters. The molecule has 0 nitrogen and oxygen atoms in total. The number of rotatable bonds is 2. The second kappa shape index (κ2) is 5.33. The van der Waals surface area contributed by atoms with Gasteiger partial charge in [0.2, 0.25) is 0 Å². The van der Waals surface area contributed by atoms with Crippen LogP contribution in [0.4, 0.5) is 4.39 Å². The minimum absolute atomic E-state index is 0.198. The van der Waals surface area contributed by atoms with Crippen molar-refractivity contribution in [1.29, 1.82) is 0 Å². The molecule has 1 aromatic carbocycles. The Labute approximate surface area is 90.4 Å². The normalized spacial score (nSPS) is 10.1. The first-order chi connectivity index (χ1) is 7.15. The second-order valence-electron chi connectivity index (χ2n) is 3.41. The summed E-state index contributed by atoms with van der Waals surface area (Å²) in [7, 11) is 0. The van der Waals surface area contributed by atoms with Crippen molar-refractivity contribution >= 4 is 5.57 Å². The van der Waals surface area contributed by atoms with Gasteiger partial charge in [-0.1, -0.05) is 30.4 Å². The van der Waals surface area contributed by atoms with Crippen LogP contribution in [0.25, 0.3) is 5.57 Å². The van der Waals surface area contributed by atoms with Gasteiger partial charge in [-0.3, -0.25) is 0 Å². The Balaban J connectivity index is 3.20. The third kappa shape index (κ3) is 3.23.